The molecule has 0 aromatic heterocycles. The van der Waals surface area contributed by atoms with Crippen molar-refractivity contribution in [3.8, 4) is 17.2 Å². The fraction of sp³-hybridized carbons (Fsp3) is 0.241. The van der Waals surface area contributed by atoms with Gasteiger partial charge in [0.05, 0.1) is 37.0 Å². The molecule has 1 heterocycles. The quantitative estimate of drug-likeness (QED) is 0.230. The Hall–Kier alpha value is -3.97. The second-order valence-electron chi connectivity index (χ2n) is 8.86. The Morgan fingerprint density at radius 2 is 1.70 bits per heavy atom. The Bertz CT molecular complexity index is 1350. The van der Waals surface area contributed by atoms with Gasteiger partial charge in [-0.05, 0) is 67.4 Å². The number of ketones is 1. The van der Waals surface area contributed by atoms with E-state index in [-0.39, 0.29) is 24.0 Å². The number of likely N-dealkylation sites (tertiary alicyclic amines) is 1. The molecule has 1 unspecified atom stereocenters. The molecule has 0 radical (unpaired) electrons. The summed E-state index contributed by atoms with van der Waals surface area (Å²) in [7, 11) is 2.99. The number of amides is 1. The molecule has 37 heavy (non-hydrogen) atoms. The van der Waals surface area contributed by atoms with Crippen LogP contribution in [0.5, 0.6) is 17.2 Å². The lowest BCUT2D eigenvalue weighted by Gasteiger charge is -2.26. The number of rotatable bonds is 8. The lowest BCUT2D eigenvalue weighted by molar-refractivity contribution is -0.140. The summed E-state index contributed by atoms with van der Waals surface area (Å²) in [5.41, 5.74) is 1.71. The molecule has 1 saturated heterocycles. The van der Waals surface area contributed by atoms with Gasteiger partial charge in [0, 0.05) is 12.1 Å². The van der Waals surface area contributed by atoms with E-state index in [4.69, 9.17) is 25.8 Å². The van der Waals surface area contributed by atoms with E-state index >= 15 is 0 Å². The number of hydrogen-bond donors (Lipinski definition) is 1. The average molecular weight is 522 g/mol. The standard InChI is InChI=1S/C29H28ClNO6/c1-17(2)37-21-11-8-18(9-12-21)16-31-26(19-6-5-7-22(14-19)35-3)25(28(33)29(31)34)27(32)20-10-13-23(30)24(15-20)36-4/h5-15,17,26,32H,16H2,1-4H3/b27-25-. The van der Waals surface area contributed by atoms with Gasteiger partial charge in [0.1, 0.15) is 23.0 Å². The van der Waals surface area contributed by atoms with Crippen LogP contribution in [0.2, 0.25) is 5.02 Å². The zero-order chi connectivity index (χ0) is 26.7. The van der Waals surface area contributed by atoms with Crippen LogP contribution in [0, 0.1) is 0 Å². The molecular formula is C29H28ClNO6. The summed E-state index contributed by atoms with van der Waals surface area (Å²) in [5.74, 6) is -0.198. The molecule has 0 aliphatic carbocycles. The Morgan fingerprint density at radius 3 is 2.35 bits per heavy atom. The van der Waals surface area contributed by atoms with Crippen LogP contribution in [0.25, 0.3) is 5.76 Å². The second-order valence-corrected chi connectivity index (χ2v) is 9.27. The number of nitrogens with zero attached hydrogens (tertiary/aromatic N) is 1. The van der Waals surface area contributed by atoms with Crippen molar-refractivity contribution in [3.63, 3.8) is 0 Å². The Balaban J connectivity index is 1.81. The maximum atomic E-state index is 13.3. The van der Waals surface area contributed by atoms with Crippen molar-refractivity contribution in [1.82, 2.24) is 4.90 Å². The van der Waals surface area contributed by atoms with Gasteiger partial charge in [0.2, 0.25) is 0 Å². The van der Waals surface area contributed by atoms with Crippen LogP contribution < -0.4 is 14.2 Å². The smallest absolute Gasteiger partial charge is 0.295 e. The van der Waals surface area contributed by atoms with Crippen LogP contribution in [0.1, 0.15) is 36.6 Å². The lowest BCUT2D eigenvalue weighted by Crippen LogP contribution is -2.29. The monoisotopic (exact) mass is 521 g/mol. The third-order valence-electron chi connectivity index (χ3n) is 6.02. The number of halogens is 1. The summed E-state index contributed by atoms with van der Waals surface area (Å²) < 4.78 is 16.4. The van der Waals surface area contributed by atoms with Crippen molar-refractivity contribution in [2.45, 2.75) is 32.5 Å². The third kappa shape index (κ3) is 5.42. The minimum atomic E-state index is -0.844. The van der Waals surface area contributed by atoms with Gasteiger partial charge in [0.15, 0.2) is 0 Å². The summed E-state index contributed by atoms with van der Waals surface area (Å²) in [5, 5.41) is 11.7. The summed E-state index contributed by atoms with van der Waals surface area (Å²) >= 11 is 6.15. The molecule has 3 aromatic rings. The van der Waals surface area contributed by atoms with Gasteiger partial charge in [-0.2, -0.15) is 0 Å². The summed E-state index contributed by atoms with van der Waals surface area (Å²) in [6.07, 6.45) is 0.0308. The van der Waals surface area contributed by atoms with Crippen LogP contribution in [-0.2, 0) is 16.1 Å². The van der Waals surface area contributed by atoms with E-state index in [0.717, 1.165) is 5.56 Å². The normalized spacial score (nSPS) is 16.8. The van der Waals surface area contributed by atoms with E-state index in [1.54, 1.807) is 36.4 Å². The number of methoxy groups -OCH3 is 2. The number of ether oxygens (including phenoxy) is 3. The summed E-state index contributed by atoms with van der Waals surface area (Å²) in [6.45, 7) is 4.03. The van der Waals surface area contributed by atoms with E-state index < -0.39 is 17.7 Å². The third-order valence-corrected chi connectivity index (χ3v) is 6.33. The maximum Gasteiger partial charge on any atom is 0.295 e. The van der Waals surface area contributed by atoms with Gasteiger partial charge < -0.3 is 24.2 Å². The van der Waals surface area contributed by atoms with Crippen LogP contribution in [0.4, 0.5) is 0 Å². The molecule has 1 aliphatic heterocycles. The fourth-order valence-corrected chi connectivity index (χ4v) is 4.50. The van der Waals surface area contributed by atoms with Crippen LogP contribution in [-0.4, -0.2) is 42.0 Å². The average Bonchev–Trinajstić information content (AvgIpc) is 3.14. The number of benzene rings is 3. The topological polar surface area (TPSA) is 85.3 Å². The van der Waals surface area contributed by atoms with Gasteiger partial charge in [-0.3, -0.25) is 9.59 Å². The van der Waals surface area contributed by atoms with Crippen LogP contribution >= 0.6 is 11.6 Å². The first-order chi connectivity index (χ1) is 17.7. The number of carbonyl (C=O) groups excluding carboxylic acids is 2. The summed E-state index contributed by atoms with van der Waals surface area (Å²) in [6, 6.07) is 18.3. The molecule has 0 spiro atoms. The molecule has 1 N–H and O–H groups in total. The van der Waals surface area contributed by atoms with Crippen molar-refractivity contribution < 1.29 is 28.9 Å². The van der Waals surface area contributed by atoms with Crippen molar-refractivity contribution in [2.24, 2.45) is 0 Å². The van der Waals surface area contributed by atoms with E-state index in [2.05, 4.69) is 0 Å². The van der Waals surface area contributed by atoms with E-state index in [1.807, 2.05) is 38.1 Å². The zero-order valence-electron chi connectivity index (χ0n) is 21.0. The van der Waals surface area contributed by atoms with Gasteiger partial charge in [-0.1, -0.05) is 35.9 Å². The van der Waals surface area contributed by atoms with Crippen LogP contribution in [0.3, 0.4) is 0 Å². The Kier molecular flexibility index (Phi) is 7.74. The van der Waals surface area contributed by atoms with E-state index in [0.29, 0.717) is 33.4 Å². The van der Waals surface area contributed by atoms with Crippen LogP contribution in [0.15, 0.2) is 72.3 Å². The molecule has 3 aromatic carbocycles. The highest BCUT2D eigenvalue weighted by atomic mass is 35.5. The molecule has 1 amide bonds. The maximum absolute atomic E-state index is 13.3. The lowest BCUT2D eigenvalue weighted by atomic mass is 9.95. The molecule has 192 valence electrons. The number of aliphatic hydroxyl groups excluding tert-OH is 1. The van der Waals surface area contributed by atoms with Gasteiger partial charge in [-0.25, -0.2) is 0 Å². The van der Waals surface area contributed by atoms with Gasteiger partial charge in [-0.15, -0.1) is 0 Å². The van der Waals surface area contributed by atoms with Crippen molar-refractivity contribution in [2.75, 3.05) is 14.2 Å². The highest BCUT2D eigenvalue weighted by Crippen LogP contribution is 2.42. The molecule has 8 heteroatoms. The first-order valence-electron chi connectivity index (χ1n) is 11.7. The molecule has 4 rings (SSSR count). The number of hydrogen-bond acceptors (Lipinski definition) is 6. The van der Waals surface area contributed by atoms with Gasteiger partial charge >= 0.3 is 0 Å². The minimum Gasteiger partial charge on any atom is -0.507 e. The second kappa shape index (κ2) is 11.0. The fourth-order valence-electron chi connectivity index (χ4n) is 4.31. The molecule has 7 nitrogen and oxygen atoms in total. The SMILES string of the molecule is COc1cccc(C2/C(=C(/O)c3ccc(Cl)c(OC)c3)C(=O)C(=O)N2Cc2ccc(OC(C)C)cc2)c1. The first kappa shape index (κ1) is 26.1. The van der Waals surface area contributed by atoms with Crippen molar-refractivity contribution in [3.05, 3.63) is 94.0 Å². The molecule has 0 bridgehead atoms. The zero-order valence-corrected chi connectivity index (χ0v) is 21.8. The molecule has 0 saturated carbocycles. The van der Waals surface area contributed by atoms with Crippen molar-refractivity contribution >= 4 is 29.1 Å². The highest BCUT2D eigenvalue weighted by Gasteiger charge is 2.46. The predicted octanol–water partition coefficient (Wildman–Crippen LogP) is 5.77. The highest BCUT2D eigenvalue weighted by molar-refractivity contribution is 6.46. The molecule has 1 aliphatic rings. The molecular weight excluding hydrogens is 494 g/mol. The number of aliphatic hydroxyl groups is 1. The largest absolute Gasteiger partial charge is 0.507 e. The van der Waals surface area contributed by atoms with Gasteiger partial charge in [0.25, 0.3) is 11.7 Å². The predicted molar refractivity (Wildman–Crippen MR) is 141 cm³/mol. The van der Waals surface area contributed by atoms with Crippen molar-refractivity contribution in [1.29, 1.82) is 0 Å². The van der Waals surface area contributed by atoms with E-state index in [9.17, 15) is 14.7 Å². The van der Waals surface area contributed by atoms with E-state index in [1.165, 1.54) is 25.2 Å². The number of Topliss-reactive ketones (excluding diaryl/α,β-unsaturated/α-hetero) is 1. The Labute approximate surface area is 220 Å². The first-order valence-corrected chi connectivity index (χ1v) is 12.1. The minimum absolute atomic E-state index is 0.0256. The molecule has 1 atom stereocenters. The number of carbonyl (C=O) groups is 2. The summed E-state index contributed by atoms with van der Waals surface area (Å²) in [4.78, 5) is 28.1. The Morgan fingerprint density at radius 1 is 0.973 bits per heavy atom. The molecule has 1 fully saturated rings.